The van der Waals surface area contributed by atoms with Gasteiger partial charge >= 0.3 is 0 Å². The Labute approximate surface area is 170 Å². The zero-order valence-electron chi connectivity index (χ0n) is 16.8. The second-order valence-electron chi connectivity index (χ2n) is 7.18. The van der Waals surface area contributed by atoms with Crippen molar-refractivity contribution in [3.63, 3.8) is 0 Å². The molecule has 1 aliphatic rings. The molecule has 0 radical (unpaired) electrons. The lowest BCUT2D eigenvalue weighted by molar-refractivity contribution is -0.127. The van der Waals surface area contributed by atoms with E-state index in [2.05, 4.69) is 21.9 Å². The third kappa shape index (κ3) is 4.71. The topological polar surface area (TPSA) is 104 Å². The number of nitrogens with zero attached hydrogens (tertiary/aromatic N) is 4. The molecule has 8 heteroatoms. The number of carbonyl (C=O) groups excluding carboxylic acids is 2. The Morgan fingerprint density at radius 3 is 2.72 bits per heavy atom. The molecular formula is C21H26N6O2. The van der Waals surface area contributed by atoms with E-state index in [4.69, 9.17) is 5.73 Å². The Kier molecular flexibility index (Phi) is 6.11. The molecule has 3 N–H and O–H groups in total. The zero-order chi connectivity index (χ0) is 21.0. The van der Waals surface area contributed by atoms with Crippen LogP contribution in [0, 0.1) is 6.92 Å². The number of rotatable bonds is 6. The van der Waals surface area contributed by atoms with E-state index in [1.807, 2.05) is 43.1 Å². The molecule has 1 aliphatic heterocycles. The maximum Gasteiger partial charge on any atom is 0.271 e. The minimum atomic E-state index is -0.651. The van der Waals surface area contributed by atoms with Crippen molar-refractivity contribution < 1.29 is 9.59 Å². The number of amides is 2. The number of hydrogen-bond donors (Lipinski definition) is 2. The lowest BCUT2D eigenvalue weighted by Crippen LogP contribution is -2.48. The molecule has 2 aromatic rings. The van der Waals surface area contributed by atoms with Crippen LogP contribution in [0.1, 0.15) is 28.9 Å². The van der Waals surface area contributed by atoms with Crippen LogP contribution < -0.4 is 16.0 Å². The number of likely N-dealkylation sites (N-methyl/N-ethyl adjacent to an activating group) is 1. The SMILES string of the molecule is C=CC(=O)N1CCC[C@@H](N(C)c2cnc(C(N)=O)c(Nc3ccc(C)cc3)n2)C1. The summed E-state index contributed by atoms with van der Waals surface area (Å²) in [5.41, 5.74) is 7.47. The third-order valence-corrected chi connectivity index (χ3v) is 5.10. The smallest absolute Gasteiger partial charge is 0.271 e. The maximum atomic E-state index is 12.0. The van der Waals surface area contributed by atoms with Crippen molar-refractivity contribution in [1.82, 2.24) is 14.9 Å². The number of hydrogen-bond acceptors (Lipinski definition) is 6. The zero-order valence-corrected chi connectivity index (χ0v) is 16.8. The maximum absolute atomic E-state index is 12.0. The lowest BCUT2D eigenvalue weighted by atomic mass is 10.0. The van der Waals surface area contributed by atoms with Crippen molar-refractivity contribution in [1.29, 1.82) is 0 Å². The fourth-order valence-electron chi connectivity index (χ4n) is 3.38. The molecule has 0 aliphatic carbocycles. The third-order valence-electron chi connectivity index (χ3n) is 5.10. The molecule has 2 amide bonds. The van der Waals surface area contributed by atoms with Crippen LogP contribution in [0.15, 0.2) is 43.1 Å². The Bertz CT molecular complexity index is 912. The highest BCUT2D eigenvalue weighted by molar-refractivity contribution is 5.96. The number of carbonyl (C=O) groups is 2. The summed E-state index contributed by atoms with van der Waals surface area (Å²) in [4.78, 5) is 36.4. The number of likely N-dealkylation sites (tertiary alicyclic amines) is 1. The number of aryl methyl sites for hydroxylation is 1. The van der Waals surface area contributed by atoms with Gasteiger partial charge in [0.05, 0.1) is 6.20 Å². The van der Waals surface area contributed by atoms with Gasteiger partial charge in [0.25, 0.3) is 5.91 Å². The molecule has 1 aromatic carbocycles. The van der Waals surface area contributed by atoms with Crippen molar-refractivity contribution in [3.05, 3.63) is 54.4 Å². The summed E-state index contributed by atoms with van der Waals surface area (Å²) >= 11 is 0. The quantitative estimate of drug-likeness (QED) is 0.728. The summed E-state index contributed by atoms with van der Waals surface area (Å²) in [6.45, 7) is 6.87. The van der Waals surface area contributed by atoms with Crippen molar-refractivity contribution in [2.75, 3.05) is 30.4 Å². The van der Waals surface area contributed by atoms with E-state index < -0.39 is 5.91 Å². The average molecular weight is 394 g/mol. The first-order chi connectivity index (χ1) is 13.9. The predicted octanol–water partition coefficient (Wildman–Crippen LogP) is 2.24. The molecule has 152 valence electrons. The minimum Gasteiger partial charge on any atom is -0.364 e. The number of primary amides is 1. The van der Waals surface area contributed by atoms with Crippen molar-refractivity contribution in [2.24, 2.45) is 5.73 Å². The molecule has 0 bridgehead atoms. The van der Waals surface area contributed by atoms with Crippen molar-refractivity contribution >= 4 is 29.1 Å². The van der Waals surface area contributed by atoms with E-state index in [1.54, 1.807) is 4.90 Å². The number of nitrogens with one attached hydrogen (secondary N) is 1. The summed E-state index contributed by atoms with van der Waals surface area (Å²) in [6, 6.07) is 7.82. The largest absolute Gasteiger partial charge is 0.364 e. The normalized spacial score (nSPS) is 16.2. The van der Waals surface area contributed by atoms with Gasteiger partial charge in [0.2, 0.25) is 5.91 Å². The summed E-state index contributed by atoms with van der Waals surface area (Å²) < 4.78 is 0. The Morgan fingerprint density at radius 1 is 1.34 bits per heavy atom. The molecule has 8 nitrogen and oxygen atoms in total. The first kappa shape index (κ1) is 20.3. The van der Waals surface area contributed by atoms with Gasteiger partial charge < -0.3 is 20.9 Å². The van der Waals surface area contributed by atoms with Gasteiger partial charge in [-0.25, -0.2) is 9.97 Å². The minimum absolute atomic E-state index is 0.0695. The number of anilines is 3. The van der Waals surface area contributed by atoms with Gasteiger partial charge in [-0.15, -0.1) is 0 Å². The van der Waals surface area contributed by atoms with E-state index in [0.717, 1.165) is 30.6 Å². The second kappa shape index (κ2) is 8.72. The highest BCUT2D eigenvalue weighted by atomic mass is 16.2. The lowest BCUT2D eigenvalue weighted by Gasteiger charge is -2.37. The average Bonchev–Trinajstić information content (AvgIpc) is 2.74. The molecule has 0 spiro atoms. The Balaban J connectivity index is 1.85. The predicted molar refractivity (Wildman–Crippen MR) is 113 cm³/mol. The summed E-state index contributed by atoms with van der Waals surface area (Å²) in [6.07, 6.45) is 4.70. The number of benzene rings is 1. The van der Waals surface area contributed by atoms with Gasteiger partial charge in [-0.3, -0.25) is 9.59 Å². The van der Waals surface area contributed by atoms with Crippen molar-refractivity contribution in [2.45, 2.75) is 25.8 Å². The summed E-state index contributed by atoms with van der Waals surface area (Å²) in [5.74, 6) is 0.185. The van der Waals surface area contributed by atoms with E-state index in [0.29, 0.717) is 18.2 Å². The van der Waals surface area contributed by atoms with Gasteiger partial charge in [-0.05, 0) is 38.0 Å². The molecular weight excluding hydrogens is 368 g/mol. The monoisotopic (exact) mass is 394 g/mol. The van der Waals surface area contributed by atoms with Gasteiger partial charge in [0.15, 0.2) is 11.5 Å². The van der Waals surface area contributed by atoms with Gasteiger partial charge in [-0.1, -0.05) is 24.3 Å². The van der Waals surface area contributed by atoms with E-state index >= 15 is 0 Å². The van der Waals surface area contributed by atoms with Crippen LogP contribution in [0.25, 0.3) is 0 Å². The molecule has 1 atom stereocenters. The highest BCUT2D eigenvalue weighted by Crippen LogP contribution is 2.24. The molecule has 2 heterocycles. The van der Waals surface area contributed by atoms with Crippen LogP contribution in [-0.4, -0.2) is 52.9 Å². The fraction of sp³-hybridized carbons (Fsp3) is 0.333. The van der Waals surface area contributed by atoms with E-state index in [-0.39, 0.29) is 17.6 Å². The number of nitrogens with two attached hydrogens (primary N) is 1. The van der Waals surface area contributed by atoms with Gasteiger partial charge in [-0.2, -0.15) is 0 Å². The first-order valence-corrected chi connectivity index (χ1v) is 9.53. The van der Waals surface area contributed by atoms with Crippen LogP contribution in [0.4, 0.5) is 17.3 Å². The van der Waals surface area contributed by atoms with E-state index in [1.165, 1.54) is 12.3 Å². The van der Waals surface area contributed by atoms with Crippen LogP contribution in [0.2, 0.25) is 0 Å². The molecule has 29 heavy (non-hydrogen) atoms. The van der Waals surface area contributed by atoms with Crippen LogP contribution in [0.5, 0.6) is 0 Å². The summed E-state index contributed by atoms with van der Waals surface area (Å²) in [5, 5.41) is 3.14. The molecule has 3 rings (SSSR count). The Morgan fingerprint density at radius 2 is 2.07 bits per heavy atom. The summed E-state index contributed by atoms with van der Waals surface area (Å²) in [7, 11) is 1.91. The molecule has 1 fully saturated rings. The number of aromatic nitrogens is 2. The molecule has 1 saturated heterocycles. The van der Waals surface area contributed by atoms with Crippen LogP contribution >= 0.6 is 0 Å². The van der Waals surface area contributed by atoms with Gasteiger partial charge in [0, 0.05) is 31.9 Å². The Hall–Kier alpha value is -3.42. The molecule has 0 saturated carbocycles. The number of piperidine rings is 1. The molecule has 1 aromatic heterocycles. The fourth-order valence-corrected chi connectivity index (χ4v) is 3.38. The van der Waals surface area contributed by atoms with Crippen LogP contribution in [0.3, 0.4) is 0 Å². The first-order valence-electron chi connectivity index (χ1n) is 9.53. The highest BCUT2D eigenvalue weighted by Gasteiger charge is 2.26. The second-order valence-corrected chi connectivity index (χ2v) is 7.18. The molecule has 0 unspecified atom stereocenters. The van der Waals surface area contributed by atoms with Gasteiger partial charge in [0.1, 0.15) is 5.82 Å². The standard InChI is InChI=1S/C21H26N6O2/c1-4-18(28)27-11-5-6-16(13-27)26(3)17-12-23-19(20(22)29)21(25-17)24-15-9-7-14(2)8-10-15/h4,7-10,12,16H,1,5-6,11,13H2,2-3H3,(H2,22,29)(H,24,25)/t16-/m1/s1. The van der Waals surface area contributed by atoms with E-state index in [9.17, 15) is 9.59 Å². The van der Waals surface area contributed by atoms with Crippen LogP contribution in [-0.2, 0) is 4.79 Å². The van der Waals surface area contributed by atoms with Crippen molar-refractivity contribution in [3.8, 4) is 0 Å².